The van der Waals surface area contributed by atoms with E-state index in [1.54, 1.807) is 14.0 Å². The van der Waals surface area contributed by atoms with Gasteiger partial charge in [0, 0.05) is 19.4 Å². The highest BCUT2D eigenvalue weighted by Gasteiger charge is 2.42. The van der Waals surface area contributed by atoms with Gasteiger partial charge in [-0.25, -0.2) is 0 Å². The Balaban J connectivity index is 1.32. The van der Waals surface area contributed by atoms with E-state index in [4.69, 9.17) is 9.57 Å². The standard InChI is InChI=1S/C20H25N5O3S/c1-20(13-16(24-28-20)14-5-7-15(27-2)8-6-14)18(26)21-19-23-22-17(29-19)9-12-25-10-3-4-11-25/h5-8H,3-4,9-13H2,1-2H3,(H,21,23,26)/t20-/m0/s1. The second-order valence-electron chi connectivity index (χ2n) is 7.52. The van der Waals surface area contributed by atoms with Crippen LogP contribution >= 0.6 is 11.3 Å². The van der Waals surface area contributed by atoms with Crippen LogP contribution in [0.1, 0.15) is 36.8 Å². The summed E-state index contributed by atoms with van der Waals surface area (Å²) in [5, 5.41) is 16.7. The Morgan fingerprint density at radius 3 is 2.76 bits per heavy atom. The molecule has 1 N–H and O–H groups in total. The van der Waals surface area contributed by atoms with Crippen molar-refractivity contribution in [1.29, 1.82) is 0 Å². The van der Waals surface area contributed by atoms with Crippen LogP contribution in [0, 0.1) is 0 Å². The van der Waals surface area contributed by atoms with E-state index in [0.717, 1.165) is 48.1 Å². The summed E-state index contributed by atoms with van der Waals surface area (Å²) in [5.41, 5.74) is 0.563. The van der Waals surface area contributed by atoms with Gasteiger partial charge in [0.15, 0.2) is 0 Å². The van der Waals surface area contributed by atoms with Crippen molar-refractivity contribution in [2.45, 2.75) is 38.2 Å². The van der Waals surface area contributed by atoms with E-state index in [1.807, 2.05) is 24.3 Å². The van der Waals surface area contributed by atoms with Gasteiger partial charge in [-0.3, -0.25) is 10.1 Å². The number of ether oxygens (including phenoxy) is 1. The second kappa shape index (κ2) is 8.46. The fourth-order valence-electron chi connectivity index (χ4n) is 3.49. The number of hydrogen-bond acceptors (Lipinski definition) is 8. The van der Waals surface area contributed by atoms with E-state index in [2.05, 4.69) is 25.6 Å². The molecule has 1 aromatic heterocycles. The summed E-state index contributed by atoms with van der Waals surface area (Å²) >= 11 is 1.42. The molecule has 0 spiro atoms. The lowest BCUT2D eigenvalue weighted by Gasteiger charge is -2.19. The second-order valence-corrected chi connectivity index (χ2v) is 8.58. The summed E-state index contributed by atoms with van der Waals surface area (Å²) in [6.45, 7) is 5.05. The van der Waals surface area contributed by atoms with Gasteiger partial charge in [-0.2, -0.15) is 0 Å². The van der Waals surface area contributed by atoms with E-state index < -0.39 is 5.60 Å². The van der Waals surface area contributed by atoms with Gasteiger partial charge < -0.3 is 14.5 Å². The Labute approximate surface area is 173 Å². The summed E-state index contributed by atoms with van der Waals surface area (Å²) in [6, 6.07) is 7.53. The number of nitrogens with zero attached hydrogens (tertiary/aromatic N) is 4. The minimum Gasteiger partial charge on any atom is -0.497 e. The minimum atomic E-state index is -1.07. The third-order valence-electron chi connectivity index (χ3n) is 5.29. The molecule has 0 unspecified atom stereocenters. The molecule has 1 amide bonds. The van der Waals surface area contributed by atoms with Crippen LogP contribution in [-0.2, 0) is 16.1 Å². The third-order valence-corrected chi connectivity index (χ3v) is 6.19. The van der Waals surface area contributed by atoms with Crippen molar-refractivity contribution in [3.8, 4) is 5.75 Å². The molecule has 154 valence electrons. The molecule has 2 aliphatic rings. The fraction of sp³-hybridized carbons (Fsp3) is 0.500. The fourth-order valence-corrected chi connectivity index (χ4v) is 4.22. The number of nitrogens with one attached hydrogen (secondary N) is 1. The van der Waals surface area contributed by atoms with E-state index in [0.29, 0.717) is 11.6 Å². The molecule has 0 radical (unpaired) electrons. The summed E-state index contributed by atoms with van der Waals surface area (Å²) in [7, 11) is 1.62. The van der Waals surface area contributed by atoms with Crippen molar-refractivity contribution in [2.24, 2.45) is 5.16 Å². The largest absolute Gasteiger partial charge is 0.497 e. The van der Waals surface area contributed by atoms with Crippen LogP contribution in [0.4, 0.5) is 5.13 Å². The molecule has 0 bridgehead atoms. The first kappa shape index (κ1) is 19.8. The lowest BCUT2D eigenvalue weighted by atomic mass is 9.95. The Hall–Kier alpha value is -2.52. The van der Waals surface area contributed by atoms with Gasteiger partial charge in [-0.1, -0.05) is 16.5 Å². The molecule has 1 aromatic carbocycles. The quantitative estimate of drug-likeness (QED) is 0.748. The monoisotopic (exact) mass is 415 g/mol. The lowest BCUT2D eigenvalue weighted by molar-refractivity contribution is -0.135. The predicted octanol–water partition coefficient (Wildman–Crippen LogP) is 2.71. The van der Waals surface area contributed by atoms with Crippen LogP contribution in [0.5, 0.6) is 5.75 Å². The molecule has 2 aromatic rings. The van der Waals surface area contributed by atoms with Crippen molar-refractivity contribution in [2.75, 3.05) is 32.1 Å². The van der Waals surface area contributed by atoms with Crippen LogP contribution in [-0.4, -0.2) is 59.1 Å². The normalized spacial score (nSPS) is 21.7. The number of hydrogen-bond donors (Lipinski definition) is 1. The molecule has 1 atom stereocenters. The highest BCUT2D eigenvalue weighted by Crippen LogP contribution is 2.29. The summed E-state index contributed by atoms with van der Waals surface area (Å²) in [4.78, 5) is 20.7. The van der Waals surface area contributed by atoms with Gasteiger partial charge >= 0.3 is 0 Å². The van der Waals surface area contributed by atoms with E-state index in [1.165, 1.54) is 24.2 Å². The van der Waals surface area contributed by atoms with Crippen LogP contribution in [0.15, 0.2) is 29.4 Å². The Kier molecular flexibility index (Phi) is 5.77. The van der Waals surface area contributed by atoms with E-state index in [9.17, 15) is 4.79 Å². The Morgan fingerprint density at radius 2 is 2.03 bits per heavy atom. The Morgan fingerprint density at radius 1 is 1.28 bits per heavy atom. The average Bonchev–Trinajstić information content (AvgIpc) is 3.48. The highest BCUT2D eigenvalue weighted by molar-refractivity contribution is 7.15. The summed E-state index contributed by atoms with van der Waals surface area (Å²) in [5.74, 6) is 0.498. The van der Waals surface area contributed by atoms with Gasteiger partial charge in [0.05, 0.1) is 12.8 Å². The smallest absolute Gasteiger partial charge is 0.273 e. The number of amides is 1. The average molecular weight is 416 g/mol. The van der Waals surface area contributed by atoms with Crippen molar-refractivity contribution >= 4 is 28.1 Å². The maximum atomic E-state index is 12.8. The first-order valence-electron chi connectivity index (χ1n) is 9.81. The van der Waals surface area contributed by atoms with Crippen molar-refractivity contribution < 1.29 is 14.4 Å². The molecule has 9 heteroatoms. The molecule has 29 heavy (non-hydrogen) atoms. The van der Waals surface area contributed by atoms with Crippen LogP contribution in [0.25, 0.3) is 0 Å². The molecule has 8 nitrogen and oxygen atoms in total. The number of carbonyl (C=O) groups is 1. The molecule has 3 heterocycles. The van der Waals surface area contributed by atoms with E-state index >= 15 is 0 Å². The van der Waals surface area contributed by atoms with Crippen LogP contribution < -0.4 is 10.1 Å². The topological polar surface area (TPSA) is 88.9 Å². The van der Waals surface area contributed by atoms with Crippen LogP contribution in [0.2, 0.25) is 0 Å². The third kappa shape index (κ3) is 4.56. The van der Waals surface area contributed by atoms with Gasteiger partial charge in [-0.15, -0.1) is 10.2 Å². The summed E-state index contributed by atoms with van der Waals surface area (Å²) in [6.07, 6.45) is 3.78. The molecule has 1 saturated heterocycles. The molecular weight excluding hydrogens is 390 g/mol. The molecule has 4 rings (SSSR count). The number of likely N-dealkylation sites (tertiary alicyclic amines) is 1. The van der Waals surface area contributed by atoms with Crippen molar-refractivity contribution in [3.63, 3.8) is 0 Å². The Bertz CT molecular complexity index is 892. The highest BCUT2D eigenvalue weighted by atomic mass is 32.1. The molecule has 0 saturated carbocycles. The van der Waals surface area contributed by atoms with Crippen molar-refractivity contribution in [1.82, 2.24) is 15.1 Å². The number of carbonyl (C=O) groups excluding carboxylic acids is 1. The predicted molar refractivity (Wildman–Crippen MR) is 112 cm³/mol. The van der Waals surface area contributed by atoms with Crippen molar-refractivity contribution in [3.05, 3.63) is 34.8 Å². The maximum absolute atomic E-state index is 12.8. The van der Waals surface area contributed by atoms with E-state index in [-0.39, 0.29) is 5.91 Å². The van der Waals surface area contributed by atoms with Gasteiger partial charge in [0.25, 0.3) is 5.91 Å². The molecule has 2 aliphatic heterocycles. The minimum absolute atomic E-state index is 0.271. The number of methoxy groups -OCH3 is 1. The zero-order chi connectivity index (χ0) is 20.3. The molecular formula is C20H25N5O3S. The number of benzene rings is 1. The number of aromatic nitrogens is 2. The zero-order valence-corrected chi connectivity index (χ0v) is 17.5. The number of rotatable bonds is 7. The van der Waals surface area contributed by atoms with Gasteiger partial charge in [-0.05, 0) is 62.7 Å². The molecule has 1 fully saturated rings. The lowest BCUT2D eigenvalue weighted by Crippen LogP contribution is -2.40. The van der Waals surface area contributed by atoms with Crippen LogP contribution in [0.3, 0.4) is 0 Å². The summed E-state index contributed by atoms with van der Waals surface area (Å²) < 4.78 is 5.18. The number of oxime groups is 1. The number of anilines is 1. The van der Waals surface area contributed by atoms with Gasteiger partial charge in [0.2, 0.25) is 10.7 Å². The SMILES string of the molecule is COc1ccc(C2=NO[C@](C)(C(=O)Nc3nnc(CCN4CCCC4)s3)C2)cc1. The van der Waals surface area contributed by atoms with Gasteiger partial charge in [0.1, 0.15) is 10.8 Å². The molecule has 0 aliphatic carbocycles. The maximum Gasteiger partial charge on any atom is 0.273 e. The zero-order valence-electron chi connectivity index (χ0n) is 16.7. The first-order valence-corrected chi connectivity index (χ1v) is 10.6. The first-order chi connectivity index (χ1) is 14.1.